The molecular formula is C35H67NNaO13+. The average molecular weight is 733 g/mol. The Labute approximate surface area is 320 Å². The average Bonchev–Trinajstić information content (AvgIpc) is 3.08. The number of aliphatic hydroxyl groups excluding tert-OH is 8. The summed E-state index contributed by atoms with van der Waals surface area (Å²) >= 11 is 0. The van der Waals surface area contributed by atoms with Gasteiger partial charge in [-0.3, -0.25) is 9.59 Å². The molecule has 1 rings (SSSR count). The minimum Gasteiger partial charge on any atom is -0.481 e. The molecule has 0 saturated carbocycles. The fourth-order valence-electron chi connectivity index (χ4n) is 6.09. The van der Waals surface area contributed by atoms with E-state index in [2.05, 4.69) is 6.92 Å². The molecule has 0 bridgehead atoms. The largest absolute Gasteiger partial charge is 1.00 e. The van der Waals surface area contributed by atoms with Crippen molar-refractivity contribution >= 4 is 11.9 Å². The summed E-state index contributed by atoms with van der Waals surface area (Å²) < 4.78 is 10.8. The van der Waals surface area contributed by atoms with E-state index < -0.39 is 74.3 Å². The third kappa shape index (κ3) is 20.1. The molecule has 9 N–H and O–H groups in total. The standard InChI is InChI=1S/C35H67NO13.Na/c1-2-3-4-5-6-7-10-13-16-19-28(41)36(21-18-15-12-9-8-11-14-17-20-29(42)43)22-25(39)30(44)34(26(40)23-37)49-35-33(47)32(46)31(45)27(24-38)48-35;/h25-27,30-35,37-40,44-47H,2-24H2,1H3,(H,42,43);/q;+1. The first-order valence-corrected chi connectivity index (χ1v) is 18.6. The number of carboxylic acids is 1. The maximum absolute atomic E-state index is 13.3. The van der Waals surface area contributed by atoms with Crippen molar-refractivity contribution in [1.82, 2.24) is 4.90 Å². The van der Waals surface area contributed by atoms with E-state index in [1.807, 2.05) is 0 Å². The number of carboxylic acid groups (broad SMARTS) is 1. The van der Waals surface area contributed by atoms with E-state index in [1.165, 1.54) is 37.0 Å². The number of amides is 1. The van der Waals surface area contributed by atoms with Crippen LogP contribution in [-0.4, -0.2) is 144 Å². The predicted octanol–water partition coefficient (Wildman–Crippen LogP) is -1.40. The van der Waals surface area contributed by atoms with Crippen molar-refractivity contribution in [2.24, 2.45) is 0 Å². The number of rotatable bonds is 30. The van der Waals surface area contributed by atoms with E-state index in [9.17, 15) is 50.4 Å². The van der Waals surface area contributed by atoms with Gasteiger partial charge in [0.15, 0.2) is 6.29 Å². The third-order valence-corrected chi connectivity index (χ3v) is 9.26. The van der Waals surface area contributed by atoms with E-state index in [-0.39, 0.29) is 54.9 Å². The van der Waals surface area contributed by atoms with Crippen molar-refractivity contribution in [3.05, 3.63) is 0 Å². The molecule has 1 amide bonds. The number of carbonyl (C=O) groups is 2. The van der Waals surface area contributed by atoms with Gasteiger partial charge in [-0.1, -0.05) is 96.8 Å². The van der Waals surface area contributed by atoms with Crippen LogP contribution in [0.3, 0.4) is 0 Å². The zero-order chi connectivity index (χ0) is 36.6. The Bertz CT molecular complexity index is 857. The molecule has 50 heavy (non-hydrogen) atoms. The molecule has 15 heteroatoms. The van der Waals surface area contributed by atoms with Gasteiger partial charge >= 0.3 is 35.5 Å². The van der Waals surface area contributed by atoms with Crippen LogP contribution in [-0.2, 0) is 19.1 Å². The monoisotopic (exact) mass is 732 g/mol. The van der Waals surface area contributed by atoms with Crippen molar-refractivity contribution in [3.63, 3.8) is 0 Å². The molecule has 1 aliphatic heterocycles. The van der Waals surface area contributed by atoms with Crippen molar-refractivity contribution < 1.29 is 94.6 Å². The van der Waals surface area contributed by atoms with Crippen molar-refractivity contribution in [3.8, 4) is 0 Å². The first-order valence-electron chi connectivity index (χ1n) is 18.6. The number of carbonyl (C=O) groups excluding carboxylic acids is 1. The Morgan fingerprint density at radius 2 is 1.20 bits per heavy atom. The van der Waals surface area contributed by atoms with Gasteiger partial charge in [-0.2, -0.15) is 0 Å². The van der Waals surface area contributed by atoms with Crippen molar-refractivity contribution in [1.29, 1.82) is 0 Å². The summed E-state index contributed by atoms with van der Waals surface area (Å²) in [5.41, 5.74) is 0. The van der Waals surface area contributed by atoms with Crippen LogP contribution in [0.2, 0.25) is 0 Å². The zero-order valence-electron chi connectivity index (χ0n) is 30.6. The smallest absolute Gasteiger partial charge is 0.481 e. The Kier molecular flexibility index (Phi) is 29.7. The fourth-order valence-corrected chi connectivity index (χ4v) is 6.09. The van der Waals surface area contributed by atoms with Crippen LogP contribution < -0.4 is 29.6 Å². The second-order valence-electron chi connectivity index (χ2n) is 13.5. The second-order valence-corrected chi connectivity index (χ2v) is 13.5. The molecule has 0 aromatic heterocycles. The van der Waals surface area contributed by atoms with Gasteiger partial charge in [0.05, 0.1) is 13.2 Å². The maximum Gasteiger partial charge on any atom is 1.00 e. The van der Waals surface area contributed by atoms with E-state index in [0.717, 1.165) is 57.8 Å². The van der Waals surface area contributed by atoms with Gasteiger partial charge in [-0.15, -0.1) is 0 Å². The third-order valence-electron chi connectivity index (χ3n) is 9.26. The van der Waals surface area contributed by atoms with E-state index in [4.69, 9.17) is 14.6 Å². The number of aliphatic carboxylic acids is 1. The van der Waals surface area contributed by atoms with Gasteiger partial charge in [-0.25, -0.2) is 0 Å². The Morgan fingerprint density at radius 1 is 0.700 bits per heavy atom. The molecule has 14 nitrogen and oxygen atoms in total. The summed E-state index contributed by atoms with van der Waals surface area (Å²) in [5, 5.41) is 91.0. The molecular weight excluding hydrogens is 665 g/mol. The minimum atomic E-state index is -1.86. The summed E-state index contributed by atoms with van der Waals surface area (Å²) in [5.74, 6) is -0.960. The quantitative estimate of drug-likeness (QED) is 0.0306. The number of ether oxygens (including phenoxy) is 2. The van der Waals surface area contributed by atoms with E-state index in [1.54, 1.807) is 0 Å². The molecule has 1 aliphatic rings. The number of unbranched alkanes of at least 4 members (excludes halogenated alkanes) is 15. The summed E-state index contributed by atoms with van der Waals surface area (Å²) in [7, 11) is 0. The summed E-state index contributed by atoms with van der Waals surface area (Å²) in [6.45, 7) is 0.608. The van der Waals surface area contributed by atoms with Gasteiger partial charge in [0.2, 0.25) is 5.91 Å². The molecule has 0 aromatic carbocycles. The fraction of sp³-hybridized carbons (Fsp3) is 0.943. The minimum absolute atomic E-state index is 0. The number of nitrogens with zero attached hydrogens (tertiary/aromatic N) is 1. The molecule has 0 spiro atoms. The number of aliphatic hydroxyl groups is 8. The second kappa shape index (κ2) is 29.9. The van der Waals surface area contributed by atoms with E-state index in [0.29, 0.717) is 25.8 Å². The molecule has 9 atom stereocenters. The topological polar surface area (TPSA) is 238 Å². The SMILES string of the molecule is CCCCCCCCCCCC(=O)N(CCCCCCCCCCC(=O)O)CC(O)C(O)C(OC1OC(CO)C(O)C(O)C1O)C(O)CO.[Na+]. The molecule has 1 fully saturated rings. The van der Waals surface area contributed by atoms with Gasteiger partial charge < -0.3 is 60.3 Å². The first-order chi connectivity index (χ1) is 23.5. The van der Waals surface area contributed by atoms with Crippen LogP contribution >= 0.6 is 0 Å². The van der Waals surface area contributed by atoms with Gasteiger partial charge in [-0.05, 0) is 19.3 Å². The van der Waals surface area contributed by atoms with Crippen LogP contribution in [0.5, 0.6) is 0 Å². The molecule has 0 radical (unpaired) electrons. The Morgan fingerprint density at radius 3 is 1.70 bits per heavy atom. The Balaban J connectivity index is 0.0000240. The normalized spacial score (nSPS) is 23.1. The maximum atomic E-state index is 13.3. The number of hydrogen-bond acceptors (Lipinski definition) is 12. The zero-order valence-corrected chi connectivity index (χ0v) is 32.6. The van der Waals surface area contributed by atoms with E-state index >= 15 is 0 Å². The molecule has 0 aliphatic carbocycles. The first kappa shape index (κ1) is 49.5. The van der Waals surface area contributed by atoms with Crippen LogP contribution in [0.25, 0.3) is 0 Å². The molecule has 1 saturated heterocycles. The van der Waals surface area contributed by atoms with Crippen LogP contribution in [0.4, 0.5) is 0 Å². The van der Waals surface area contributed by atoms with Crippen LogP contribution in [0, 0.1) is 0 Å². The van der Waals surface area contributed by atoms with Gasteiger partial charge in [0, 0.05) is 25.9 Å². The predicted molar refractivity (Wildman–Crippen MR) is 181 cm³/mol. The van der Waals surface area contributed by atoms with Crippen LogP contribution in [0.1, 0.15) is 129 Å². The Hall–Kier alpha value is -0.460. The summed E-state index contributed by atoms with van der Waals surface area (Å²) in [6.07, 6.45) is 1.92. The van der Waals surface area contributed by atoms with Crippen molar-refractivity contribution in [2.45, 2.75) is 184 Å². The molecule has 290 valence electrons. The van der Waals surface area contributed by atoms with Crippen LogP contribution in [0.15, 0.2) is 0 Å². The van der Waals surface area contributed by atoms with Gasteiger partial charge in [0.1, 0.15) is 48.8 Å². The summed E-state index contributed by atoms with van der Waals surface area (Å²) in [4.78, 5) is 25.5. The summed E-state index contributed by atoms with van der Waals surface area (Å²) in [6, 6.07) is 0. The number of hydrogen-bond donors (Lipinski definition) is 9. The molecule has 1 heterocycles. The molecule has 0 aromatic rings. The van der Waals surface area contributed by atoms with Gasteiger partial charge in [0.25, 0.3) is 0 Å². The van der Waals surface area contributed by atoms with Crippen molar-refractivity contribution in [2.75, 3.05) is 26.3 Å². The molecule has 9 unspecified atom stereocenters.